The molecule has 0 spiro atoms. The first kappa shape index (κ1) is 28.0. The topological polar surface area (TPSA) is 108 Å². The molecule has 0 fully saturated rings. The van der Waals surface area contributed by atoms with Gasteiger partial charge in [-0.3, -0.25) is 14.9 Å². The second-order valence-electron chi connectivity index (χ2n) is 10.9. The van der Waals surface area contributed by atoms with E-state index in [1.54, 1.807) is 80.3 Å². The molecule has 0 aliphatic carbocycles. The summed E-state index contributed by atoms with van der Waals surface area (Å²) in [6, 6.07) is 22.2. The molecule has 8 nitrogen and oxygen atoms in total. The summed E-state index contributed by atoms with van der Waals surface area (Å²) in [4.78, 5) is 39.9. The molecule has 1 atom stereocenters. The maximum atomic E-state index is 13.5. The van der Waals surface area contributed by atoms with Gasteiger partial charge >= 0.3 is 6.09 Å². The zero-order valence-corrected chi connectivity index (χ0v) is 23.7. The van der Waals surface area contributed by atoms with E-state index in [9.17, 15) is 19.5 Å². The number of halogens is 1. The fraction of sp³-hybridized carbons (Fsp3) is 0.219. The number of nitrogens with one attached hydrogen (secondary N) is 2. The van der Waals surface area contributed by atoms with E-state index >= 15 is 0 Å². The summed E-state index contributed by atoms with van der Waals surface area (Å²) in [6.45, 7) is 5.73. The van der Waals surface area contributed by atoms with Crippen LogP contribution in [-0.4, -0.2) is 41.0 Å². The Kier molecular flexibility index (Phi) is 7.60. The molecule has 1 aliphatic rings. The lowest BCUT2D eigenvalue weighted by molar-refractivity contribution is 0.0635. The van der Waals surface area contributed by atoms with Gasteiger partial charge in [-0.25, -0.2) is 4.79 Å². The number of carbonyl (C=O) groups is 3. The van der Waals surface area contributed by atoms with Crippen molar-refractivity contribution in [2.75, 3.05) is 28.0 Å². The normalized spacial score (nSPS) is 14.4. The van der Waals surface area contributed by atoms with E-state index in [0.717, 1.165) is 16.3 Å². The van der Waals surface area contributed by atoms with Gasteiger partial charge in [-0.05, 0) is 80.3 Å². The fourth-order valence-electron chi connectivity index (χ4n) is 4.93. The molecule has 210 valence electrons. The van der Waals surface area contributed by atoms with E-state index in [1.165, 1.54) is 0 Å². The van der Waals surface area contributed by atoms with E-state index in [1.807, 2.05) is 24.3 Å². The smallest absolute Gasteiger partial charge is 0.412 e. The number of nitrogens with zero attached hydrogens (tertiary/aromatic N) is 1. The van der Waals surface area contributed by atoms with Crippen LogP contribution in [-0.2, 0) is 4.74 Å². The molecule has 3 amide bonds. The van der Waals surface area contributed by atoms with Gasteiger partial charge in [-0.1, -0.05) is 24.3 Å². The molecule has 5 rings (SSSR count). The van der Waals surface area contributed by atoms with E-state index in [4.69, 9.17) is 16.3 Å². The fourth-order valence-corrected chi connectivity index (χ4v) is 5.18. The van der Waals surface area contributed by atoms with Crippen molar-refractivity contribution in [2.45, 2.75) is 32.3 Å². The van der Waals surface area contributed by atoms with Gasteiger partial charge < -0.3 is 20.1 Å². The molecule has 9 heteroatoms. The number of hydrogen-bond acceptors (Lipinski definition) is 5. The molecule has 1 aliphatic heterocycles. The lowest BCUT2D eigenvalue weighted by Crippen LogP contribution is -2.30. The first-order chi connectivity index (χ1) is 19.5. The van der Waals surface area contributed by atoms with Crippen LogP contribution in [0.2, 0.25) is 0 Å². The summed E-state index contributed by atoms with van der Waals surface area (Å²) in [5, 5.41) is 17.7. The van der Waals surface area contributed by atoms with E-state index in [2.05, 4.69) is 10.6 Å². The van der Waals surface area contributed by atoms with Crippen LogP contribution in [0.4, 0.5) is 21.9 Å². The third-order valence-corrected chi connectivity index (χ3v) is 7.13. The molecule has 3 N–H and O–H groups in total. The standard InChI is InChI=1S/C32H30ClN3O5/c1-32(2,3)41-31(40)35-23-12-8-19(9-13-23)29(38)34-22-14-10-20(11-15-22)30(39)36-18-21(17-33)28-25-7-5-4-6-24(25)27(37)16-26(28)36/h4-16,21,37H,17-18H2,1-3H3,(H,34,38)(H,35,40)/t21-/m1/s1. The van der Waals surface area contributed by atoms with Gasteiger partial charge in [0.15, 0.2) is 0 Å². The quantitative estimate of drug-likeness (QED) is 0.221. The molecular formula is C32H30ClN3O5. The van der Waals surface area contributed by atoms with E-state index in [-0.39, 0.29) is 23.5 Å². The lowest BCUT2D eigenvalue weighted by Gasteiger charge is -2.19. The monoisotopic (exact) mass is 571 g/mol. The van der Waals surface area contributed by atoms with Crippen molar-refractivity contribution in [3.05, 3.63) is 95.6 Å². The Morgan fingerprint density at radius 1 is 0.902 bits per heavy atom. The Labute approximate surface area is 242 Å². The number of aromatic hydroxyl groups is 1. The van der Waals surface area contributed by atoms with Crippen molar-refractivity contribution in [3.63, 3.8) is 0 Å². The zero-order chi connectivity index (χ0) is 29.3. The predicted octanol–water partition coefficient (Wildman–Crippen LogP) is 7.13. The Hall–Kier alpha value is -4.56. The van der Waals surface area contributed by atoms with Crippen LogP contribution >= 0.6 is 11.6 Å². The molecule has 4 aromatic rings. The molecule has 0 saturated heterocycles. The van der Waals surface area contributed by atoms with Crippen LogP contribution < -0.4 is 15.5 Å². The molecule has 41 heavy (non-hydrogen) atoms. The van der Waals surface area contributed by atoms with Crippen LogP contribution in [0.1, 0.15) is 53.0 Å². The van der Waals surface area contributed by atoms with Crippen molar-refractivity contribution in [1.29, 1.82) is 0 Å². The van der Waals surface area contributed by atoms with Crippen molar-refractivity contribution in [1.82, 2.24) is 0 Å². The minimum Gasteiger partial charge on any atom is -0.507 e. The highest BCUT2D eigenvalue weighted by Gasteiger charge is 2.34. The van der Waals surface area contributed by atoms with E-state index < -0.39 is 11.7 Å². The van der Waals surface area contributed by atoms with Gasteiger partial charge in [0.25, 0.3) is 11.8 Å². The van der Waals surface area contributed by atoms with Crippen molar-refractivity contribution in [3.8, 4) is 5.75 Å². The Bertz CT molecular complexity index is 1630. The van der Waals surface area contributed by atoms with Crippen molar-refractivity contribution < 1.29 is 24.2 Å². The van der Waals surface area contributed by atoms with Gasteiger partial charge in [0.2, 0.25) is 0 Å². The largest absolute Gasteiger partial charge is 0.507 e. The molecule has 0 saturated carbocycles. The van der Waals surface area contributed by atoms with Gasteiger partial charge in [-0.15, -0.1) is 11.6 Å². The Balaban J connectivity index is 1.27. The summed E-state index contributed by atoms with van der Waals surface area (Å²) in [6.07, 6.45) is -0.579. The summed E-state index contributed by atoms with van der Waals surface area (Å²) in [7, 11) is 0. The SMILES string of the molecule is CC(C)(C)OC(=O)Nc1ccc(C(=O)Nc2ccc(C(=O)N3C[C@@H](CCl)c4c3cc(O)c3ccccc43)cc2)cc1. The third-order valence-electron chi connectivity index (χ3n) is 6.76. The highest BCUT2D eigenvalue weighted by atomic mass is 35.5. The van der Waals surface area contributed by atoms with Gasteiger partial charge in [-0.2, -0.15) is 0 Å². The van der Waals surface area contributed by atoms with Crippen LogP contribution in [0.25, 0.3) is 10.8 Å². The molecular weight excluding hydrogens is 542 g/mol. The number of benzene rings is 4. The molecule has 0 radical (unpaired) electrons. The van der Waals surface area contributed by atoms with Gasteiger partial charge in [0.1, 0.15) is 11.4 Å². The Morgan fingerprint density at radius 2 is 1.49 bits per heavy atom. The first-order valence-corrected chi connectivity index (χ1v) is 13.7. The van der Waals surface area contributed by atoms with Crippen molar-refractivity contribution in [2.24, 2.45) is 0 Å². The first-order valence-electron chi connectivity index (χ1n) is 13.2. The van der Waals surface area contributed by atoms with E-state index in [0.29, 0.717) is 40.6 Å². The summed E-state index contributed by atoms with van der Waals surface area (Å²) >= 11 is 6.30. The molecule has 0 unspecified atom stereocenters. The number of phenols is 1. The van der Waals surface area contributed by atoms with Crippen molar-refractivity contribution >= 4 is 57.3 Å². The van der Waals surface area contributed by atoms with Crippen LogP contribution in [0.3, 0.4) is 0 Å². The maximum absolute atomic E-state index is 13.5. The van der Waals surface area contributed by atoms with Crippen LogP contribution in [0.15, 0.2) is 78.9 Å². The number of fused-ring (bicyclic) bond motifs is 3. The average Bonchev–Trinajstić information content (AvgIpc) is 3.31. The number of ether oxygens (including phenoxy) is 1. The van der Waals surface area contributed by atoms with Crippen LogP contribution in [0, 0.1) is 0 Å². The second kappa shape index (κ2) is 11.1. The highest BCUT2D eigenvalue weighted by molar-refractivity contribution is 6.19. The molecule has 0 bridgehead atoms. The predicted molar refractivity (Wildman–Crippen MR) is 161 cm³/mol. The summed E-state index contributed by atoms with van der Waals surface area (Å²) in [5.41, 5.74) is 2.85. The number of hydrogen-bond donors (Lipinski definition) is 3. The Morgan fingerprint density at radius 3 is 2.10 bits per heavy atom. The third kappa shape index (κ3) is 5.98. The number of phenolic OH excluding ortho intramolecular Hbond substituents is 1. The molecule has 4 aromatic carbocycles. The van der Waals surface area contributed by atoms with Crippen LogP contribution in [0.5, 0.6) is 5.75 Å². The second-order valence-corrected chi connectivity index (χ2v) is 11.2. The highest BCUT2D eigenvalue weighted by Crippen LogP contribution is 2.45. The summed E-state index contributed by atoms with van der Waals surface area (Å²) in [5.74, 6) is -0.174. The maximum Gasteiger partial charge on any atom is 0.412 e. The van der Waals surface area contributed by atoms with Gasteiger partial charge in [0, 0.05) is 52.3 Å². The molecule has 0 aromatic heterocycles. The number of anilines is 3. The zero-order valence-electron chi connectivity index (χ0n) is 22.9. The number of rotatable bonds is 5. The number of carbonyl (C=O) groups excluding carboxylic acids is 3. The average molecular weight is 572 g/mol. The van der Waals surface area contributed by atoms with Gasteiger partial charge in [0.05, 0.1) is 5.69 Å². The minimum atomic E-state index is -0.618. The molecule has 1 heterocycles. The number of amides is 3. The lowest BCUT2D eigenvalue weighted by atomic mass is 9.95. The summed E-state index contributed by atoms with van der Waals surface area (Å²) < 4.78 is 5.23. The minimum absolute atomic E-state index is 0.0644. The number of alkyl halides is 1.